The van der Waals surface area contributed by atoms with E-state index >= 15 is 0 Å². The number of carboxylic acids is 2. The largest absolute Gasteiger partial charge is 0.504 e. The highest BCUT2D eigenvalue weighted by molar-refractivity contribution is 6.29. The van der Waals surface area contributed by atoms with Crippen molar-refractivity contribution in [1.29, 1.82) is 0 Å². The second-order valence-corrected chi connectivity index (χ2v) is 7.06. The lowest BCUT2D eigenvalue weighted by Crippen LogP contribution is -2.47. The first-order chi connectivity index (χ1) is 14.1. The molecule has 0 spiro atoms. The van der Waals surface area contributed by atoms with Gasteiger partial charge >= 0.3 is 11.9 Å². The molecule has 1 aliphatic carbocycles. The van der Waals surface area contributed by atoms with Gasteiger partial charge in [-0.05, 0) is 19.9 Å². The molecule has 1 aliphatic rings. The van der Waals surface area contributed by atoms with E-state index in [0.717, 1.165) is 4.90 Å². The summed E-state index contributed by atoms with van der Waals surface area (Å²) in [6, 6.07) is 4.76. The maximum atomic E-state index is 12.9. The number of fused-ring (bicyclic) bond motifs is 2. The molecule has 2 unspecified atom stereocenters. The zero-order chi connectivity index (χ0) is 22.3. The van der Waals surface area contributed by atoms with Gasteiger partial charge < -0.3 is 20.4 Å². The smallest absolute Gasteiger partial charge is 0.320 e. The quantitative estimate of drug-likeness (QED) is 0.442. The Balaban J connectivity index is 2.13. The summed E-state index contributed by atoms with van der Waals surface area (Å²) in [6.45, 7) is 2.17. The van der Waals surface area contributed by atoms with Crippen LogP contribution >= 0.6 is 0 Å². The molecular formula is C21H19NO8. The summed E-state index contributed by atoms with van der Waals surface area (Å²) < 4.78 is 0. The fourth-order valence-electron chi connectivity index (χ4n) is 3.49. The molecule has 0 heterocycles. The van der Waals surface area contributed by atoms with Crippen molar-refractivity contribution < 1.29 is 39.6 Å². The lowest BCUT2D eigenvalue weighted by Gasteiger charge is -2.30. The van der Waals surface area contributed by atoms with E-state index in [9.17, 15) is 39.6 Å². The average molecular weight is 413 g/mol. The normalized spacial score (nSPS) is 14.8. The maximum Gasteiger partial charge on any atom is 0.320 e. The average Bonchev–Trinajstić information content (AvgIpc) is 2.71. The molecule has 0 aromatic heterocycles. The monoisotopic (exact) mass is 413 g/mol. The summed E-state index contributed by atoms with van der Waals surface area (Å²) in [5, 5.41) is 39.6. The van der Waals surface area contributed by atoms with Crippen LogP contribution in [0, 0.1) is 0 Å². The molecule has 0 saturated heterocycles. The molecule has 0 aliphatic heterocycles. The number of phenols is 2. The Hall–Kier alpha value is -3.72. The number of phenolic OH excluding ortho intramolecular Hbond substituents is 2. The van der Waals surface area contributed by atoms with Gasteiger partial charge in [-0.2, -0.15) is 0 Å². The highest BCUT2D eigenvalue weighted by Crippen LogP contribution is 2.41. The van der Waals surface area contributed by atoms with Crippen molar-refractivity contribution >= 4 is 23.5 Å². The number of carbonyl (C=O) groups is 4. The summed E-state index contributed by atoms with van der Waals surface area (Å²) in [5.74, 6) is -5.26. The van der Waals surface area contributed by atoms with Crippen LogP contribution in [0.5, 0.6) is 11.5 Å². The standard InChI is InChI=1S/C21H19NO8/c1-9(20(27)28)22(10(2)21(29)30)8-11-7-14-15(19(26)16(11)23)18(25)13-6-4-3-5-12(13)17(14)24/h3-7,9-10,23,26H,8H2,1-2H3,(H,27,28)(H,29,30). The van der Waals surface area contributed by atoms with Crippen LogP contribution in [0.25, 0.3) is 0 Å². The van der Waals surface area contributed by atoms with Crippen LogP contribution in [0.15, 0.2) is 30.3 Å². The second kappa shape index (κ2) is 7.60. The summed E-state index contributed by atoms with van der Waals surface area (Å²) in [5.41, 5.74) is -0.328. The molecule has 2 aromatic carbocycles. The first kappa shape index (κ1) is 21.0. The maximum absolute atomic E-state index is 12.9. The zero-order valence-corrected chi connectivity index (χ0v) is 16.1. The third-order valence-electron chi connectivity index (χ3n) is 5.30. The van der Waals surface area contributed by atoms with E-state index < -0.39 is 53.6 Å². The third-order valence-corrected chi connectivity index (χ3v) is 5.30. The predicted octanol–water partition coefficient (Wildman–Crippen LogP) is 1.62. The molecule has 30 heavy (non-hydrogen) atoms. The molecule has 2 aromatic rings. The summed E-state index contributed by atoms with van der Waals surface area (Å²) in [4.78, 5) is 49.6. The Kier molecular flexibility index (Phi) is 5.32. The van der Waals surface area contributed by atoms with Crippen molar-refractivity contribution in [3.8, 4) is 11.5 Å². The number of aliphatic carboxylic acids is 2. The van der Waals surface area contributed by atoms with Crippen molar-refractivity contribution in [2.45, 2.75) is 32.5 Å². The van der Waals surface area contributed by atoms with Gasteiger partial charge in [0.2, 0.25) is 0 Å². The van der Waals surface area contributed by atoms with Crippen LogP contribution in [-0.4, -0.2) is 60.9 Å². The predicted molar refractivity (Wildman–Crippen MR) is 103 cm³/mol. The molecule has 9 nitrogen and oxygen atoms in total. The highest BCUT2D eigenvalue weighted by atomic mass is 16.4. The van der Waals surface area contributed by atoms with Crippen molar-refractivity contribution in [2.75, 3.05) is 0 Å². The molecule has 9 heteroatoms. The molecule has 2 atom stereocenters. The Morgan fingerprint density at radius 2 is 1.37 bits per heavy atom. The van der Waals surface area contributed by atoms with Gasteiger partial charge in [0.25, 0.3) is 0 Å². The molecule has 0 bridgehead atoms. The van der Waals surface area contributed by atoms with Crippen molar-refractivity contribution in [3.05, 3.63) is 58.1 Å². The minimum Gasteiger partial charge on any atom is -0.504 e. The van der Waals surface area contributed by atoms with E-state index in [2.05, 4.69) is 0 Å². The SMILES string of the molecule is CC(C(=O)O)N(Cc1cc2c(c(O)c1O)C(=O)c1ccccc1C2=O)C(C)C(=O)O. The van der Waals surface area contributed by atoms with E-state index in [1.54, 1.807) is 12.1 Å². The topological polar surface area (TPSA) is 152 Å². The fraction of sp³-hybridized carbons (Fsp3) is 0.238. The van der Waals surface area contributed by atoms with Crippen LogP contribution < -0.4 is 0 Å². The number of nitrogens with zero attached hydrogens (tertiary/aromatic N) is 1. The number of carboxylic acid groups (broad SMARTS) is 2. The molecule has 3 rings (SSSR count). The first-order valence-corrected chi connectivity index (χ1v) is 9.03. The Morgan fingerprint density at radius 3 is 1.87 bits per heavy atom. The molecule has 156 valence electrons. The molecule has 0 radical (unpaired) electrons. The highest BCUT2D eigenvalue weighted by Gasteiger charge is 2.36. The number of hydrogen-bond donors (Lipinski definition) is 4. The first-order valence-electron chi connectivity index (χ1n) is 9.03. The molecule has 0 amide bonds. The molecule has 0 fully saturated rings. The number of aromatic hydroxyl groups is 2. The zero-order valence-electron chi connectivity index (χ0n) is 16.1. The molecule has 0 saturated carbocycles. The number of benzene rings is 2. The molecular weight excluding hydrogens is 394 g/mol. The van der Waals surface area contributed by atoms with Gasteiger partial charge in [-0.15, -0.1) is 0 Å². The summed E-state index contributed by atoms with van der Waals surface area (Å²) in [7, 11) is 0. The van der Waals surface area contributed by atoms with E-state index in [1.165, 1.54) is 32.0 Å². The van der Waals surface area contributed by atoms with Gasteiger partial charge in [0.15, 0.2) is 23.1 Å². The van der Waals surface area contributed by atoms with Gasteiger partial charge in [0.05, 0.1) is 5.56 Å². The second-order valence-electron chi connectivity index (χ2n) is 7.06. The van der Waals surface area contributed by atoms with Crippen LogP contribution in [-0.2, 0) is 16.1 Å². The van der Waals surface area contributed by atoms with Crippen LogP contribution in [0.3, 0.4) is 0 Å². The Labute approximate surface area is 170 Å². The van der Waals surface area contributed by atoms with E-state index in [4.69, 9.17) is 0 Å². The third kappa shape index (κ3) is 3.29. The van der Waals surface area contributed by atoms with Crippen LogP contribution in [0.4, 0.5) is 0 Å². The van der Waals surface area contributed by atoms with Gasteiger partial charge in [0.1, 0.15) is 12.1 Å². The number of rotatable bonds is 6. The van der Waals surface area contributed by atoms with Gasteiger partial charge in [-0.3, -0.25) is 24.1 Å². The van der Waals surface area contributed by atoms with E-state index in [1.807, 2.05) is 0 Å². The van der Waals surface area contributed by atoms with Gasteiger partial charge in [-0.25, -0.2) is 0 Å². The minimum absolute atomic E-state index is 0.0759. The fourth-order valence-corrected chi connectivity index (χ4v) is 3.49. The Morgan fingerprint density at radius 1 is 0.867 bits per heavy atom. The van der Waals surface area contributed by atoms with Crippen molar-refractivity contribution in [1.82, 2.24) is 4.90 Å². The Bertz CT molecular complexity index is 1070. The molecule has 4 N–H and O–H groups in total. The van der Waals surface area contributed by atoms with Gasteiger partial charge in [0, 0.05) is 28.8 Å². The summed E-state index contributed by atoms with van der Waals surface area (Å²) >= 11 is 0. The lowest BCUT2D eigenvalue weighted by molar-refractivity contribution is -0.149. The number of hydrogen-bond acceptors (Lipinski definition) is 7. The van der Waals surface area contributed by atoms with Crippen molar-refractivity contribution in [2.24, 2.45) is 0 Å². The van der Waals surface area contributed by atoms with Crippen LogP contribution in [0.1, 0.15) is 51.3 Å². The number of carbonyl (C=O) groups excluding carboxylic acids is 2. The van der Waals surface area contributed by atoms with Crippen LogP contribution in [0.2, 0.25) is 0 Å². The summed E-state index contributed by atoms with van der Waals surface area (Å²) in [6.07, 6.45) is 0. The van der Waals surface area contributed by atoms with Gasteiger partial charge in [-0.1, -0.05) is 24.3 Å². The van der Waals surface area contributed by atoms with Crippen molar-refractivity contribution in [3.63, 3.8) is 0 Å². The lowest BCUT2D eigenvalue weighted by atomic mass is 9.82. The number of ketones is 2. The van der Waals surface area contributed by atoms with E-state index in [-0.39, 0.29) is 27.8 Å². The van der Waals surface area contributed by atoms with E-state index in [0.29, 0.717) is 0 Å². The minimum atomic E-state index is -1.29.